The summed E-state index contributed by atoms with van der Waals surface area (Å²) in [6.45, 7) is 4.93. The second-order valence-electron chi connectivity index (χ2n) is 5.00. The van der Waals surface area contributed by atoms with Crippen LogP contribution in [-0.2, 0) is 23.3 Å². The van der Waals surface area contributed by atoms with Crippen molar-refractivity contribution in [2.45, 2.75) is 38.0 Å². The van der Waals surface area contributed by atoms with Gasteiger partial charge in [0.1, 0.15) is 0 Å². The molecular formula is C11H20N2O3S. The molecule has 5 nitrogen and oxygen atoms in total. The van der Waals surface area contributed by atoms with E-state index in [2.05, 4.69) is 5.10 Å². The average molecular weight is 260 g/mol. The molecule has 0 fully saturated rings. The van der Waals surface area contributed by atoms with Crippen LogP contribution < -0.4 is 0 Å². The first-order valence-corrected chi connectivity index (χ1v) is 7.32. The molecule has 1 rings (SSSR count). The van der Waals surface area contributed by atoms with Crippen molar-refractivity contribution in [1.29, 1.82) is 0 Å². The first-order valence-electron chi connectivity index (χ1n) is 5.43. The number of aromatic nitrogens is 2. The van der Waals surface area contributed by atoms with Gasteiger partial charge in [-0.3, -0.25) is 4.68 Å². The lowest BCUT2D eigenvalue weighted by Crippen LogP contribution is -2.44. The molecule has 1 unspecified atom stereocenters. The van der Waals surface area contributed by atoms with Crippen molar-refractivity contribution in [3.05, 3.63) is 17.5 Å². The number of nitrogens with zero attached hydrogens (tertiary/aromatic N) is 2. The Kier molecular flexibility index (Phi) is 3.69. The van der Waals surface area contributed by atoms with Crippen LogP contribution in [0.4, 0.5) is 0 Å². The van der Waals surface area contributed by atoms with Gasteiger partial charge in [-0.25, -0.2) is 8.42 Å². The SMILES string of the molecule is Cc1cc(CC(O)C(C)(C)S(C)(=O)=O)n(C)n1. The molecule has 1 atom stereocenters. The first-order chi connectivity index (χ1) is 7.55. The van der Waals surface area contributed by atoms with E-state index in [1.165, 1.54) is 13.8 Å². The lowest BCUT2D eigenvalue weighted by Gasteiger charge is -2.28. The number of aryl methyl sites for hydroxylation is 2. The van der Waals surface area contributed by atoms with Crippen LogP contribution in [0.3, 0.4) is 0 Å². The fourth-order valence-corrected chi connectivity index (χ4v) is 2.12. The molecule has 0 aliphatic rings. The van der Waals surface area contributed by atoms with Crippen molar-refractivity contribution < 1.29 is 13.5 Å². The van der Waals surface area contributed by atoms with Crippen molar-refractivity contribution in [2.75, 3.05) is 6.26 Å². The van der Waals surface area contributed by atoms with Crippen LogP contribution in [0.5, 0.6) is 0 Å². The summed E-state index contributed by atoms with van der Waals surface area (Å²) in [4.78, 5) is 0. The van der Waals surface area contributed by atoms with E-state index < -0.39 is 20.7 Å². The molecular weight excluding hydrogens is 240 g/mol. The Morgan fingerprint density at radius 2 is 2.06 bits per heavy atom. The minimum Gasteiger partial charge on any atom is -0.391 e. The molecule has 0 aliphatic heterocycles. The first kappa shape index (κ1) is 14.2. The fourth-order valence-electron chi connectivity index (χ4n) is 1.55. The number of aliphatic hydroxyl groups excluding tert-OH is 1. The molecule has 0 saturated carbocycles. The molecule has 98 valence electrons. The molecule has 6 heteroatoms. The van der Waals surface area contributed by atoms with Gasteiger partial charge in [0.05, 0.1) is 16.5 Å². The lowest BCUT2D eigenvalue weighted by molar-refractivity contribution is 0.135. The normalized spacial score (nSPS) is 14.9. The largest absolute Gasteiger partial charge is 0.391 e. The van der Waals surface area contributed by atoms with E-state index in [1.54, 1.807) is 11.7 Å². The monoisotopic (exact) mass is 260 g/mol. The van der Waals surface area contributed by atoms with Gasteiger partial charge in [0.25, 0.3) is 0 Å². The Morgan fingerprint density at radius 1 is 1.53 bits per heavy atom. The summed E-state index contributed by atoms with van der Waals surface area (Å²) in [6, 6.07) is 1.85. The van der Waals surface area contributed by atoms with E-state index in [9.17, 15) is 13.5 Å². The molecule has 1 heterocycles. The third-order valence-electron chi connectivity index (χ3n) is 3.26. The number of rotatable bonds is 4. The van der Waals surface area contributed by atoms with Gasteiger partial charge >= 0.3 is 0 Å². The van der Waals surface area contributed by atoms with E-state index in [1.807, 2.05) is 13.0 Å². The molecule has 1 aromatic heterocycles. The molecule has 0 saturated heterocycles. The number of aliphatic hydroxyl groups is 1. The highest BCUT2D eigenvalue weighted by Crippen LogP contribution is 2.23. The molecule has 0 aliphatic carbocycles. The van der Waals surface area contributed by atoms with Crippen LogP contribution in [0.25, 0.3) is 0 Å². The Labute approximate surface area is 102 Å². The molecule has 0 bridgehead atoms. The predicted octanol–water partition coefficient (Wildman–Crippen LogP) is 0.455. The zero-order valence-corrected chi connectivity index (χ0v) is 11.7. The van der Waals surface area contributed by atoms with Crippen LogP contribution in [0.1, 0.15) is 25.2 Å². The number of sulfone groups is 1. The second kappa shape index (κ2) is 4.42. The second-order valence-corrected chi connectivity index (χ2v) is 7.59. The third-order valence-corrected chi connectivity index (χ3v) is 5.44. The number of hydrogen-bond donors (Lipinski definition) is 1. The minimum absolute atomic E-state index is 0.275. The summed E-state index contributed by atoms with van der Waals surface area (Å²) in [6.07, 6.45) is 0.467. The van der Waals surface area contributed by atoms with Crippen molar-refractivity contribution in [3.63, 3.8) is 0 Å². The quantitative estimate of drug-likeness (QED) is 0.853. The summed E-state index contributed by atoms with van der Waals surface area (Å²) < 4.78 is 23.7. The summed E-state index contributed by atoms with van der Waals surface area (Å²) in [5, 5.41) is 14.2. The van der Waals surface area contributed by atoms with E-state index in [-0.39, 0.29) is 6.42 Å². The Balaban J connectivity index is 2.94. The summed E-state index contributed by atoms with van der Waals surface area (Å²) in [7, 11) is -1.53. The van der Waals surface area contributed by atoms with Crippen molar-refractivity contribution in [3.8, 4) is 0 Å². The van der Waals surface area contributed by atoms with Gasteiger partial charge in [-0.15, -0.1) is 0 Å². The van der Waals surface area contributed by atoms with Crippen molar-refractivity contribution in [1.82, 2.24) is 9.78 Å². The van der Waals surface area contributed by atoms with Gasteiger partial charge in [0.2, 0.25) is 0 Å². The van der Waals surface area contributed by atoms with Crippen molar-refractivity contribution >= 4 is 9.84 Å². The van der Waals surface area contributed by atoms with Crippen molar-refractivity contribution in [2.24, 2.45) is 7.05 Å². The maximum Gasteiger partial charge on any atom is 0.155 e. The highest BCUT2D eigenvalue weighted by molar-refractivity contribution is 7.92. The maximum absolute atomic E-state index is 11.6. The standard InChI is InChI=1S/C11H20N2O3S/c1-8-6-9(13(4)12-8)7-10(14)11(2,3)17(5,15)16/h6,10,14H,7H2,1-5H3. The Hall–Kier alpha value is -0.880. The molecule has 17 heavy (non-hydrogen) atoms. The molecule has 0 radical (unpaired) electrons. The fraction of sp³-hybridized carbons (Fsp3) is 0.727. The maximum atomic E-state index is 11.6. The van der Waals surface area contributed by atoms with Gasteiger partial charge in [-0.1, -0.05) is 0 Å². The van der Waals surface area contributed by atoms with Gasteiger partial charge in [-0.05, 0) is 26.8 Å². The van der Waals surface area contributed by atoms with Crippen LogP contribution in [0.2, 0.25) is 0 Å². The summed E-state index contributed by atoms with van der Waals surface area (Å²) >= 11 is 0. The molecule has 1 aromatic rings. The summed E-state index contributed by atoms with van der Waals surface area (Å²) in [5.74, 6) is 0. The topological polar surface area (TPSA) is 72.2 Å². The van der Waals surface area contributed by atoms with Gasteiger partial charge < -0.3 is 5.11 Å². The zero-order chi connectivity index (χ0) is 13.4. The molecule has 0 amide bonds. The molecule has 0 spiro atoms. The van der Waals surface area contributed by atoms with Crippen LogP contribution in [-0.4, -0.2) is 40.4 Å². The smallest absolute Gasteiger partial charge is 0.155 e. The van der Waals surface area contributed by atoms with E-state index in [0.29, 0.717) is 0 Å². The highest BCUT2D eigenvalue weighted by atomic mass is 32.2. The van der Waals surface area contributed by atoms with Crippen LogP contribution >= 0.6 is 0 Å². The minimum atomic E-state index is -3.31. The Morgan fingerprint density at radius 3 is 2.41 bits per heavy atom. The van der Waals surface area contributed by atoms with Gasteiger partial charge in [0.15, 0.2) is 9.84 Å². The van der Waals surface area contributed by atoms with E-state index in [0.717, 1.165) is 17.6 Å². The zero-order valence-electron chi connectivity index (χ0n) is 10.9. The highest BCUT2D eigenvalue weighted by Gasteiger charge is 2.38. The van der Waals surface area contributed by atoms with E-state index in [4.69, 9.17) is 0 Å². The van der Waals surface area contributed by atoms with Gasteiger partial charge in [0, 0.05) is 25.4 Å². The third kappa shape index (κ3) is 2.87. The lowest BCUT2D eigenvalue weighted by atomic mass is 10.0. The van der Waals surface area contributed by atoms with Crippen LogP contribution in [0, 0.1) is 6.92 Å². The van der Waals surface area contributed by atoms with E-state index >= 15 is 0 Å². The van der Waals surface area contributed by atoms with Crippen LogP contribution in [0.15, 0.2) is 6.07 Å². The van der Waals surface area contributed by atoms with Gasteiger partial charge in [-0.2, -0.15) is 5.10 Å². The predicted molar refractivity (Wildman–Crippen MR) is 66.6 cm³/mol. The molecule has 0 aromatic carbocycles. The number of hydrogen-bond acceptors (Lipinski definition) is 4. The Bertz CT molecular complexity index is 503. The summed E-state index contributed by atoms with van der Waals surface area (Å²) in [5.41, 5.74) is 1.68. The molecule has 1 N–H and O–H groups in total. The average Bonchev–Trinajstić information content (AvgIpc) is 2.43.